The predicted molar refractivity (Wildman–Crippen MR) is 64.2 cm³/mol. The molecule has 0 radical (unpaired) electrons. The molecule has 1 aromatic heterocycles. The molecule has 1 atom stereocenters. The molecular formula is C12H19N3O2. The van der Waals surface area contributed by atoms with Gasteiger partial charge in [-0.3, -0.25) is 0 Å². The summed E-state index contributed by atoms with van der Waals surface area (Å²) in [6.07, 6.45) is 4.10. The highest BCUT2D eigenvalue weighted by Crippen LogP contribution is 2.33. The Morgan fingerprint density at radius 1 is 1.29 bits per heavy atom. The lowest BCUT2D eigenvalue weighted by Crippen LogP contribution is -2.27. The van der Waals surface area contributed by atoms with E-state index in [9.17, 15) is 0 Å². The summed E-state index contributed by atoms with van der Waals surface area (Å²) >= 11 is 0. The Labute approximate surface area is 102 Å². The van der Waals surface area contributed by atoms with Crippen molar-refractivity contribution in [1.82, 2.24) is 15.3 Å². The summed E-state index contributed by atoms with van der Waals surface area (Å²) in [7, 11) is 3.21. The number of rotatable bonds is 6. The number of hydrogen-bond acceptors (Lipinski definition) is 5. The van der Waals surface area contributed by atoms with Crippen LogP contribution in [0.15, 0.2) is 6.33 Å². The average Bonchev–Trinajstić information content (AvgIpc) is 3.19. The van der Waals surface area contributed by atoms with E-state index in [2.05, 4.69) is 22.2 Å². The van der Waals surface area contributed by atoms with Gasteiger partial charge in [0.1, 0.15) is 6.33 Å². The lowest BCUT2D eigenvalue weighted by atomic mass is 10.2. The Morgan fingerprint density at radius 3 is 2.35 bits per heavy atom. The van der Waals surface area contributed by atoms with Crippen molar-refractivity contribution in [2.75, 3.05) is 14.2 Å². The van der Waals surface area contributed by atoms with Gasteiger partial charge in [0.25, 0.3) is 0 Å². The van der Waals surface area contributed by atoms with Crippen LogP contribution >= 0.6 is 0 Å². The smallest absolute Gasteiger partial charge is 0.224 e. The Balaban J connectivity index is 2.06. The van der Waals surface area contributed by atoms with Crippen LogP contribution in [0.1, 0.15) is 25.3 Å². The molecule has 1 aliphatic carbocycles. The highest BCUT2D eigenvalue weighted by molar-refractivity contribution is 5.34. The standard InChI is InChI=1S/C12H19N3O2/c1-8(9-4-5-9)13-6-10-11(16-2)14-7-15-12(10)17-3/h7-9,13H,4-6H2,1-3H3. The fourth-order valence-electron chi connectivity index (χ4n) is 1.91. The summed E-state index contributed by atoms with van der Waals surface area (Å²) in [5.41, 5.74) is 0.880. The van der Waals surface area contributed by atoms with Crippen LogP contribution in [0.3, 0.4) is 0 Å². The van der Waals surface area contributed by atoms with Crippen molar-refractivity contribution in [3.8, 4) is 11.8 Å². The molecule has 5 nitrogen and oxygen atoms in total. The Bertz CT molecular complexity index is 358. The van der Waals surface area contributed by atoms with Gasteiger partial charge in [-0.05, 0) is 25.7 Å². The monoisotopic (exact) mass is 237 g/mol. The van der Waals surface area contributed by atoms with Gasteiger partial charge in [-0.1, -0.05) is 0 Å². The number of methoxy groups -OCH3 is 2. The van der Waals surface area contributed by atoms with Gasteiger partial charge in [-0.2, -0.15) is 0 Å². The molecule has 0 aliphatic heterocycles. The Hall–Kier alpha value is -1.36. The van der Waals surface area contributed by atoms with Crippen LogP contribution in [0.2, 0.25) is 0 Å². The van der Waals surface area contributed by atoms with Gasteiger partial charge in [-0.15, -0.1) is 0 Å². The van der Waals surface area contributed by atoms with Crippen LogP contribution < -0.4 is 14.8 Å². The molecular weight excluding hydrogens is 218 g/mol. The van der Waals surface area contributed by atoms with Crippen molar-refractivity contribution < 1.29 is 9.47 Å². The zero-order valence-electron chi connectivity index (χ0n) is 10.6. The average molecular weight is 237 g/mol. The summed E-state index contributed by atoms with van der Waals surface area (Å²) < 4.78 is 10.5. The summed E-state index contributed by atoms with van der Waals surface area (Å²) in [4.78, 5) is 8.18. The minimum Gasteiger partial charge on any atom is -0.481 e. The van der Waals surface area contributed by atoms with Crippen molar-refractivity contribution in [2.24, 2.45) is 5.92 Å². The first-order chi connectivity index (χ1) is 8.26. The van der Waals surface area contributed by atoms with E-state index in [1.165, 1.54) is 19.2 Å². The third kappa shape index (κ3) is 2.85. The molecule has 1 heterocycles. The molecule has 0 aromatic carbocycles. The zero-order valence-corrected chi connectivity index (χ0v) is 10.6. The minimum atomic E-state index is 0.518. The molecule has 94 valence electrons. The second-order valence-corrected chi connectivity index (χ2v) is 4.38. The molecule has 1 aliphatic rings. The van der Waals surface area contributed by atoms with Gasteiger partial charge in [0.15, 0.2) is 0 Å². The van der Waals surface area contributed by atoms with E-state index in [1.54, 1.807) is 14.2 Å². The maximum atomic E-state index is 5.23. The van der Waals surface area contributed by atoms with Crippen molar-refractivity contribution in [1.29, 1.82) is 0 Å². The lowest BCUT2D eigenvalue weighted by molar-refractivity contribution is 0.355. The zero-order chi connectivity index (χ0) is 12.3. The normalized spacial score (nSPS) is 16.6. The van der Waals surface area contributed by atoms with E-state index >= 15 is 0 Å². The van der Waals surface area contributed by atoms with Crippen LogP contribution in [-0.4, -0.2) is 30.2 Å². The molecule has 17 heavy (non-hydrogen) atoms. The van der Waals surface area contributed by atoms with Crippen molar-refractivity contribution in [3.05, 3.63) is 11.9 Å². The third-order valence-corrected chi connectivity index (χ3v) is 3.18. The van der Waals surface area contributed by atoms with E-state index in [0.29, 0.717) is 24.3 Å². The fraction of sp³-hybridized carbons (Fsp3) is 0.667. The van der Waals surface area contributed by atoms with Crippen LogP contribution in [0.4, 0.5) is 0 Å². The van der Waals surface area contributed by atoms with Gasteiger partial charge in [0, 0.05) is 12.6 Å². The molecule has 1 saturated carbocycles. The molecule has 0 amide bonds. The maximum Gasteiger partial charge on any atom is 0.224 e. The molecule has 1 unspecified atom stereocenters. The molecule has 1 fully saturated rings. The molecule has 0 saturated heterocycles. The third-order valence-electron chi connectivity index (χ3n) is 3.18. The quantitative estimate of drug-likeness (QED) is 0.810. The van der Waals surface area contributed by atoms with Gasteiger partial charge in [0.2, 0.25) is 11.8 Å². The summed E-state index contributed by atoms with van der Waals surface area (Å²) in [6.45, 7) is 2.88. The highest BCUT2D eigenvalue weighted by atomic mass is 16.5. The van der Waals surface area contributed by atoms with Crippen LogP contribution in [0, 0.1) is 5.92 Å². The Morgan fingerprint density at radius 2 is 1.88 bits per heavy atom. The lowest BCUT2D eigenvalue weighted by Gasteiger charge is -2.15. The predicted octanol–water partition coefficient (Wildman–Crippen LogP) is 1.38. The first-order valence-electron chi connectivity index (χ1n) is 5.91. The highest BCUT2D eigenvalue weighted by Gasteiger charge is 2.28. The van der Waals surface area contributed by atoms with E-state index in [0.717, 1.165) is 11.5 Å². The summed E-state index contributed by atoms with van der Waals surface area (Å²) in [5.74, 6) is 1.97. The van der Waals surface area contributed by atoms with Crippen LogP contribution in [0.5, 0.6) is 11.8 Å². The second kappa shape index (κ2) is 5.31. The van der Waals surface area contributed by atoms with Gasteiger partial charge in [-0.25, -0.2) is 9.97 Å². The number of nitrogens with zero attached hydrogens (tertiary/aromatic N) is 2. The first-order valence-corrected chi connectivity index (χ1v) is 5.91. The Kier molecular flexibility index (Phi) is 3.78. The minimum absolute atomic E-state index is 0.518. The molecule has 0 spiro atoms. The van der Waals surface area contributed by atoms with Crippen LogP contribution in [-0.2, 0) is 6.54 Å². The van der Waals surface area contributed by atoms with E-state index in [4.69, 9.17) is 9.47 Å². The van der Waals surface area contributed by atoms with Crippen molar-refractivity contribution in [3.63, 3.8) is 0 Å². The van der Waals surface area contributed by atoms with Gasteiger partial charge < -0.3 is 14.8 Å². The number of hydrogen-bond donors (Lipinski definition) is 1. The van der Waals surface area contributed by atoms with Crippen molar-refractivity contribution >= 4 is 0 Å². The summed E-state index contributed by atoms with van der Waals surface area (Å²) in [5, 5.41) is 3.47. The first kappa shape index (κ1) is 12.1. The molecule has 5 heteroatoms. The topological polar surface area (TPSA) is 56.3 Å². The van der Waals surface area contributed by atoms with Gasteiger partial charge in [0.05, 0.1) is 19.8 Å². The summed E-state index contributed by atoms with van der Waals surface area (Å²) in [6, 6.07) is 0.518. The number of aromatic nitrogens is 2. The van der Waals surface area contributed by atoms with Crippen LogP contribution in [0.25, 0.3) is 0 Å². The van der Waals surface area contributed by atoms with E-state index in [1.807, 2.05) is 0 Å². The largest absolute Gasteiger partial charge is 0.481 e. The number of nitrogens with one attached hydrogen (secondary N) is 1. The van der Waals surface area contributed by atoms with Gasteiger partial charge >= 0.3 is 0 Å². The maximum absolute atomic E-state index is 5.23. The molecule has 1 N–H and O–H groups in total. The second-order valence-electron chi connectivity index (χ2n) is 4.38. The van der Waals surface area contributed by atoms with Crippen molar-refractivity contribution in [2.45, 2.75) is 32.4 Å². The SMILES string of the molecule is COc1ncnc(OC)c1CNC(C)C1CC1. The number of ether oxygens (including phenoxy) is 2. The van der Waals surface area contributed by atoms with E-state index < -0.39 is 0 Å². The van der Waals surface area contributed by atoms with E-state index in [-0.39, 0.29) is 0 Å². The molecule has 0 bridgehead atoms. The molecule has 2 rings (SSSR count). The fourth-order valence-corrected chi connectivity index (χ4v) is 1.91. The molecule has 1 aromatic rings.